The van der Waals surface area contributed by atoms with Crippen molar-refractivity contribution in [3.8, 4) is 6.07 Å². The number of alkyl halides is 1. The molecule has 2 aromatic rings. The third kappa shape index (κ3) is 6.33. The van der Waals surface area contributed by atoms with E-state index in [0.29, 0.717) is 5.69 Å². The lowest BCUT2D eigenvalue weighted by atomic mass is 10.0. The third-order valence-corrected chi connectivity index (χ3v) is 4.53. The van der Waals surface area contributed by atoms with E-state index in [2.05, 4.69) is 25.9 Å². The molecule has 0 aliphatic rings. The summed E-state index contributed by atoms with van der Waals surface area (Å²) in [5.74, 6) is -1.10. The molecule has 3 N–H and O–H groups in total. The first-order chi connectivity index (χ1) is 14.6. The highest BCUT2D eigenvalue weighted by atomic mass is 19.1. The number of halogens is 2. The summed E-state index contributed by atoms with van der Waals surface area (Å²) >= 11 is 0. The van der Waals surface area contributed by atoms with Crippen LogP contribution in [0.25, 0.3) is 0 Å². The smallest absolute Gasteiger partial charge is 0.255 e. The maximum atomic E-state index is 14.3. The number of nitrogens with one attached hydrogen (secondary N) is 3. The van der Waals surface area contributed by atoms with Gasteiger partial charge in [-0.05, 0) is 33.8 Å². The van der Waals surface area contributed by atoms with Gasteiger partial charge >= 0.3 is 0 Å². The van der Waals surface area contributed by atoms with E-state index in [1.54, 1.807) is 13.8 Å². The van der Waals surface area contributed by atoms with Gasteiger partial charge in [-0.3, -0.25) is 4.79 Å². The molecule has 1 atom stereocenters. The number of rotatable bonds is 9. The lowest BCUT2D eigenvalue weighted by Gasteiger charge is -2.27. The number of aromatic nitrogens is 2. The number of carbonyl (C=O) groups excluding carboxylic acids is 1. The van der Waals surface area contributed by atoms with Crippen molar-refractivity contribution in [2.24, 2.45) is 0 Å². The topological polar surface area (TPSA) is 112 Å². The van der Waals surface area contributed by atoms with Gasteiger partial charge in [0.05, 0.1) is 29.0 Å². The molecule has 0 fully saturated rings. The van der Waals surface area contributed by atoms with Gasteiger partial charge in [0.15, 0.2) is 11.6 Å². The fourth-order valence-corrected chi connectivity index (χ4v) is 2.50. The van der Waals surface area contributed by atoms with Crippen LogP contribution in [0.5, 0.6) is 0 Å². The molecule has 31 heavy (non-hydrogen) atoms. The van der Waals surface area contributed by atoms with Gasteiger partial charge in [0.2, 0.25) is 0 Å². The summed E-state index contributed by atoms with van der Waals surface area (Å²) < 4.78 is 33.5. The van der Waals surface area contributed by atoms with E-state index in [-0.39, 0.29) is 35.3 Å². The summed E-state index contributed by atoms with van der Waals surface area (Å²) in [5, 5.41) is 17.2. The van der Waals surface area contributed by atoms with Gasteiger partial charge in [-0.2, -0.15) is 5.26 Å². The maximum absolute atomic E-state index is 14.3. The lowest BCUT2D eigenvalue weighted by Crippen LogP contribution is -2.43. The predicted molar refractivity (Wildman–Crippen MR) is 114 cm³/mol. The Hall–Kier alpha value is -3.32. The minimum absolute atomic E-state index is 0.0204. The average molecular weight is 432 g/mol. The van der Waals surface area contributed by atoms with Gasteiger partial charge < -0.3 is 20.7 Å². The first-order valence-electron chi connectivity index (χ1n) is 9.64. The second-order valence-corrected chi connectivity index (χ2v) is 7.69. The quantitative estimate of drug-likeness (QED) is 0.556. The summed E-state index contributed by atoms with van der Waals surface area (Å²) in [5.41, 5.74) is -0.320. The molecule has 2 aromatic heterocycles. The van der Waals surface area contributed by atoms with Crippen LogP contribution >= 0.6 is 0 Å². The molecular weight excluding hydrogens is 406 g/mol. The standard InChI is InChI=1S/C21H26F2N6O2/c1-12(2)28-16-7-18(29-19-15(22)6-13(8-24)9-26-19)25-10-14(16)20(30)27-11-17(23)21(3,4)31-5/h6-7,9-10,12,17H,11H2,1-5H3,(H,27,30)(H2,25,26,28,29). The summed E-state index contributed by atoms with van der Waals surface area (Å²) in [6.07, 6.45) is 1.12. The number of ether oxygens (including phenoxy) is 1. The van der Waals surface area contributed by atoms with Gasteiger partial charge in [0.25, 0.3) is 5.91 Å². The molecule has 0 aliphatic carbocycles. The van der Waals surface area contributed by atoms with E-state index >= 15 is 0 Å². The minimum atomic E-state index is -1.41. The summed E-state index contributed by atoms with van der Waals surface area (Å²) in [6, 6.07) is 4.37. The molecule has 1 amide bonds. The van der Waals surface area contributed by atoms with Crippen molar-refractivity contribution < 1.29 is 18.3 Å². The van der Waals surface area contributed by atoms with Crippen molar-refractivity contribution in [1.82, 2.24) is 15.3 Å². The molecule has 2 rings (SSSR count). The number of hydrogen-bond acceptors (Lipinski definition) is 7. The van der Waals surface area contributed by atoms with Crippen molar-refractivity contribution in [3.05, 3.63) is 41.5 Å². The Morgan fingerprint density at radius 1 is 1.29 bits per heavy atom. The third-order valence-electron chi connectivity index (χ3n) is 4.53. The van der Waals surface area contributed by atoms with Crippen LogP contribution in [0, 0.1) is 17.1 Å². The van der Waals surface area contributed by atoms with E-state index in [4.69, 9.17) is 10.00 Å². The van der Waals surface area contributed by atoms with Gasteiger partial charge in [-0.1, -0.05) is 0 Å². The minimum Gasteiger partial charge on any atom is -0.382 e. The van der Waals surface area contributed by atoms with Crippen LogP contribution in [0.1, 0.15) is 43.6 Å². The van der Waals surface area contributed by atoms with Gasteiger partial charge in [-0.25, -0.2) is 18.7 Å². The monoisotopic (exact) mass is 432 g/mol. The number of anilines is 3. The van der Waals surface area contributed by atoms with E-state index in [1.807, 2.05) is 19.9 Å². The van der Waals surface area contributed by atoms with Crippen LogP contribution in [-0.2, 0) is 4.74 Å². The Balaban J connectivity index is 2.23. The fourth-order valence-electron chi connectivity index (χ4n) is 2.50. The molecule has 8 nitrogen and oxygen atoms in total. The molecule has 0 saturated carbocycles. The second kappa shape index (κ2) is 10.1. The number of carbonyl (C=O) groups is 1. The maximum Gasteiger partial charge on any atom is 0.255 e. The van der Waals surface area contributed by atoms with Crippen molar-refractivity contribution in [2.45, 2.75) is 45.5 Å². The van der Waals surface area contributed by atoms with Crippen molar-refractivity contribution in [2.75, 3.05) is 24.3 Å². The SMILES string of the molecule is COC(C)(C)C(F)CNC(=O)c1cnc(Nc2ncc(C#N)cc2F)cc1NC(C)C. The van der Waals surface area contributed by atoms with E-state index in [1.165, 1.54) is 25.6 Å². The Morgan fingerprint density at radius 2 is 2.00 bits per heavy atom. The number of amides is 1. The number of nitriles is 1. The van der Waals surface area contributed by atoms with Crippen LogP contribution in [0.2, 0.25) is 0 Å². The molecule has 1 unspecified atom stereocenters. The predicted octanol–water partition coefficient (Wildman–Crippen LogP) is 3.54. The zero-order valence-electron chi connectivity index (χ0n) is 18.1. The van der Waals surface area contributed by atoms with Crippen LogP contribution in [-0.4, -0.2) is 47.3 Å². The van der Waals surface area contributed by atoms with Crippen molar-refractivity contribution >= 4 is 23.2 Å². The highest BCUT2D eigenvalue weighted by Crippen LogP contribution is 2.23. The molecule has 0 saturated heterocycles. The summed E-state index contributed by atoms with van der Waals surface area (Å²) in [4.78, 5) is 20.6. The molecule has 0 aromatic carbocycles. The second-order valence-electron chi connectivity index (χ2n) is 7.69. The van der Waals surface area contributed by atoms with Gasteiger partial charge in [0, 0.05) is 31.6 Å². The number of pyridine rings is 2. The van der Waals surface area contributed by atoms with Gasteiger partial charge in [-0.15, -0.1) is 0 Å². The first kappa shape index (κ1) is 24.0. The molecule has 0 spiro atoms. The van der Waals surface area contributed by atoms with Crippen molar-refractivity contribution in [3.63, 3.8) is 0 Å². The largest absolute Gasteiger partial charge is 0.382 e. The van der Waals surface area contributed by atoms with E-state index in [0.717, 1.165) is 6.07 Å². The van der Waals surface area contributed by atoms with E-state index in [9.17, 15) is 13.6 Å². The van der Waals surface area contributed by atoms with E-state index < -0.39 is 23.5 Å². The van der Waals surface area contributed by atoms with Crippen molar-refractivity contribution in [1.29, 1.82) is 5.26 Å². The Morgan fingerprint density at radius 3 is 2.58 bits per heavy atom. The van der Waals surface area contributed by atoms with Crippen LogP contribution in [0.15, 0.2) is 24.5 Å². The van der Waals surface area contributed by atoms with Crippen LogP contribution in [0.3, 0.4) is 0 Å². The van der Waals surface area contributed by atoms with Gasteiger partial charge in [0.1, 0.15) is 18.1 Å². The molecule has 2 heterocycles. The summed E-state index contributed by atoms with van der Waals surface area (Å²) in [7, 11) is 1.40. The molecular formula is C21H26F2N6O2. The highest BCUT2D eigenvalue weighted by Gasteiger charge is 2.30. The number of methoxy groups -OCH3 is 1. The normalized spacial score (nSPS) is 12.2. The Labute approximate surface area is 180 Å². The number of hydrogen-bond donors (Lipinski definition) is 3. The summed E-state index contributed by atoms with van der Waals surface area (Å²) in [6.45, 7) is 6.72. The zero-order valence-corrected chi connectivity index (χ0v) is 18.1. The Kier molecular flexibility index (Phi) is 7.83. The molecule has 0 aliphatic heterocycles. The zero-order chi connectivity index (χ0) is 23.2. The van der Waals surface area contributed by atoms with Crippen LogP contribution < -0.4 is 16.0 Å². The fraction of sp³-hybridized carbons (Fsp3) is 0.429. The molecule has 10 heteroatoms. The number of nitrogens with zero attached hydrogens (tertiary/aromatic N) is 3. The molecule has 0 radical (unpaired) electrons. The lowest BCUT2D eigenvalue weighted by molar-refractivity contribution is -0.0404. The highest BCUT2D eigenvalue weighted by molar-refractivity contribution is 5.99. The Bertz CT molecular complexity index is 975. The first-order valence-corrected chi connectivity index (χ1v) is 9.64. The molecule has 0 bridgehead atoms. The van der Waals surface area contributed by atoms with Crippen LogP contribution in [0.4, 0.5) is 26.1 Å². The molecule has 166 valence electrons. The average Bonchev–Trinajstić information content (AvgIpc) is 2.72.